The molecule has 0 unspecified atom stereocenters. The number of oxazole rings is 1. The number of carbonyl (C=O) groups is 2. The Morgan fingerprint density at radius 3 is 2.59 bits per heavy atom. The number of amides is 2. The van der Waals surface area contributed by atoms with E-state index in [0.29, 0.717) is 34.8 Å². The first-order chi connectivity index (χ1) is 15.5. The van der Waals surface area contributed by atoms with Gasteiger partial charge in [-0.3, -0.25) is 19.5 Å². The first-order valence-electron chi connectivity index (χ1n) is 10.2. The third-order valence-corrected chi connectivity index (χ3v) is 5.49. The van der Waals surface area contributed by atoms with Crippen LogP contribution < -0.4 is 15.2 Å². The molecule has 4 aromatic rings. The second-order valence-corrected chi connectivity index (χ2v) is 7.51. The normalized spacial score (nSPS) is 16.3. The average molecular weight is 432 g/mol. The number of H-pyrrole nitrogens is 1. The van der Waals surface area contributed by atoms with Crippen LogP contribution in [0.1, 0.15) is 30.5 Å². The van der Waals surface area contributed by atoms with E-state index in [1.807, 2.05) is 19.1 Å². The van der Waals surface area contributed by atoms with Crippen LogP contribution in [0.25, 0.3) is 17.1 Å². The van der Waals surface area contributed by atoms with Gasteiger partial charge in [-0.15, -0.1) is 0 Å². The predicted molar refractivity (Wildman–Crippen MR) is 116 cm³/mol. The van der Waals surface area contributed by atoms with E-state index in [2.05, 4.69) is 10.1 Å². The summed E-state index contributed by atoms with van der Waals surface area (Å²) < 4.78 is 12.3. The highest BCUT2D eigenvalue weighted by Gasteiger charge is 2.43. The van der Waals surface area contributed by atoms with Gasteiger partial charge in [0.1, 0.15) is 11.3 Å². The molecule has 0 saturated carbocycles. The molecule has 2 aromatic carbocycles. The van der Waals surface area contributed by atoms with Gasteiger partial charge in [-0.1, -0.05) is 12.1 Å². The van der Waals surface area contributed by atoms with Crippen molar-refractivity contribution in [2.75, 3.05) is 11.5 Å². The largest absolute Gasteiger partial charge is 0.494 e. The van der Waals surface area contributed by atoms with Crippen LogP contribution in [0.4, 0.5) is 5.69 Å². The van der Waals surface area contributed by atoms with Crippen molar-refractivity contribution >= 4 is 28.6 Å². The Balaban J connectivity index is 1.49. The van der Waals surface area contributed by atoms with Crippen LogP contribution in [-0.4, -0.2) is 33.2 Å². The molecule has 0 spiro atoms. The molecule has 1 atom stereocenters. The Hall–Kier alpha value is -4.14. The number of hydrogen-bond donors (Lipinski definition) is 1. The van der Waals surface area contributed by atoms with Gasteiger partial charge in [0.05, 0.1) is 23.8 Å². The minimum Gasteiger partial charge on any atom is -0.494 e. The van der Waals surface area contributed by atoms with Crippen molar-refractivity contribution in [1.82, 2.24) is 14.8 Å². The van der Waals surface area contributed by atoms with Crippen LogP contribution in [-0.2, 0) is 9.59 Å². The van der Waals surface area contributed by atoms with E-state index in [1.54, 1.807) is 43.3 Å². The van der Waals surface area contributed by atoms with Gasteiger partial charge in [-0.2, -0.15) is 9.67 Å². The lowest BCUT2D eigenvalue weighted by molar-refractivity contribution is -0.121. The molecule has 3 heterocycles. The molecule has 0 aliphatic carbocycles. The van der Waals surface area contributed by atoms with E-state index in [0.717, 1.165) is 4.90 Å². The third-order valence-electron chi connectivity index (χ3n) is 5.49. The molecule has 9 nitrogen and oxygen atoms in total. The number of carbonyl (C=O) groups excluding carboxylic acids is 2. The summed E-state index contributed by atoms with van der Waals surface area (Å²) in [4.78, 5) is 44.6. The monoisotopic (exact) mass is 432 g/mol. The minimum absolute atomic E-state index is 0.0747. The maximum Gasteiger partial charge on any atom is 0.325 e. The standard InChI is InChI=1S/C23H20N4O5/c1-3-31-15-10-8-14(9-11-15)26-19(28)12-16(21(26)29)20-13(2)25-27(22(20)30)23-24-17-6-4-5-7-18(17)32-23/h4-11,16,25H,3,12H2,1-2H3/t16-/m0/s1. The fraction of sp³-hybridized carbons (Fsp3) is 0.217. The second kappa shape index (κ2) is 7.52. The van der Waals surface area contributed by atoms with E-state index in [9.17, 15) is 14.4 Å². The number of nitrogens with one attached hydrogen (secondary N) is 1. The van der Waals surface area contributed by atoms with Gasteiger partial charge in [0.25, 0.3) is 5.56 Å². The Morgan fingerprint density at radius 1 is 1.12 bits per heavy atom. The van der Waals surface area contributed by atoms with Crippen LogP contribution in [0.3, 0.4) is 0 Å². The topological polar surface area (TPSA) is 110 Å². The lowest BCUT2D eigenvalue weighted by Crippen LogP contribution is -2.31. The lowest BCUT2D eigenvalue weighted by atomic mass is 9.98. The smallest absolute Gasteiger partial charge is 0.325 e. The summed E-state index contributed by atoms with van der Waals surface area (Å²) in [5.41, 5.74) is 1.84. The zero-order chi connectivity index (χ0) is 22.4. The number of para-hydroxylation sites is 2. The number of nitrogens with zero attached hydrogens (tertiary/aromatic N) is 3. The van der Waals surface area contributed by atoms with Gasteiger partial charge >= 0.3 is 6.01 Å². The van der Waals surface area contributed by atoms with Gasteiger partial charge in [-0.25, -0.2) is 4.90 Å². The van der Waals surface area contributed by atoms with Crippen LogP contribution in [0.5, 0.6) is 5.75 Å². The number of fused-ring (bicyclic) bond motifs is 1. The molecule has 0 radical (unpaired) electrons. The molecule has 0 bridgehead atoms. The van der Waals surface area contributed by atoms with E-state index in [4.69, 9.17) is 9.15 Å². The lowest BCUT2D eigenvalue weighted by Gasteiger charge is -2.15. The number of imide groups is 1. The summed E-state index contributed by atoms with van der Waals surface area (Å²) >= 11 is 0. The minimum atomic E-state index is -0.886. The Kier molecular flexibility index (Phi) is 4.66. The fourth-order valence-corrected chi connectivity index (χ4v) is 4.05. The van der Waals surface area contributed by atoms with E-state index in [-0.39, 0.29) is 23.9 Å². The number of benzene rings is 2. The molecule has 2 aromatic heterocycles. The van der Waals surface area contributed by atoms with E-state index < -0.39 is 17.4 Å². The van der Waals surface area contributed by atoms with Crippen molar-refractivity contribution in [2.45, 2.75) is 26.2 Å². The molecular formula is C23H20N4O5. The van der Waals surface area contributed by atoms with Crippen LogP contribution >= 0.6 is 0 Å². The zero-order valence-corrected chi connectivity index (χ0v) is 17.5. The van der Waals surface area contributed by atoms with Crippen LogP contribution in [0, 0.1) is 6.92 Å². The van der Waals surface area contributed by atoms with Crippen LogP contribution in [0.15, 0.2) is 57.7 Å². The molecule has 9 heteroatoms. The third kappa shape index (κ3) is 3.09. The number of ether oxygens (including phenoxy) is 1. The van der Waals surface area contributed by atoms with Gasteiger partial charge in [0.15, 0.2) is 5.58 Å². The molecule has 1 N–H and O–H groups in total. The quantitative estimate of drug-likeness (QED) is 0.485. The van der Waals surface area contributed by atoms with Crippen molar-refractivity contribution in [1.29, 1.82) is 0 Å². The molecule has 162 valence electrons. The first kappa shape index (κ1) is 19.8. The summed E-state index contributed by atoms with van der Waals surface area (Å²) in [6.07, 6.45) is -0.0897. The Morgan fingerprint density at radius 2 is 1.88 bits per heavy atom. The average Bonchev–Trinajstić information content (AvgIpc) is 3.42. The number of aromatic amines is 1. The maximum absolute atomic E-state index is 13.2. The highest BCUT2D eigenvalue weighted by molar-refractivity contribution is 6.22. The summed E-state index contributed by atoms with van der Waals surface area (Å²) in [5, 5.41) is 2.93. The molecular weight excluding hydrogens is 412 g/mol. The second-order valence-electron chi connectivity index (χ2n) is 7.51. The van der Waals surface area contributed by atoms with E-state index >= 15 is 0 Å². The SMILES string of the molecule is CCOc1ccc(N2C(=O)C[C@@H](c3c(C)[nH]n(-c4nc5ccccc5o4)c3=O)C2=O)cc1. The Labute approximate surface area is 182 Å². The summed E-state index contributed by atoms with van der Waals surface area (Å²) in [7, 11) is 0. The summed E-state index contributed by atoms with van der Waals surface area (Å²) in [6.45, 7) is 4.08. The van der Waals surface area contributed by atoms with E-state index in [1.165, 1.54) is 4.68 Å². The summed E-state index contributed by atoms with van der Waals surface area (Å²) in [5.74, 6) is -1.04. The van der Waals surface area contributed by atoms with Crippen molar-refractivity contribution in [3.8, 4) is 11.8 Å². The fourth-order valence-electron chi connectivity index (χ4n) is 4.05. The number of rotatable bonds is 5. The molecule has 5 rings (SSSR count). The summed E-state index contributed by atoms with van der Waals surface area (Å²) in [6, 6.07) is 14.0. The van der Waals surface area contributed by atoms with Gasteiger partial charge < -0.3 is 9.15 Å². The van der Waals surface area contributed by atoms with Gasteiger partial charge in [-0.05, 0) is 50.2 Å². The number of anilines is 1. The highest BCUT2D eigenvalue weighted by atomic mass is 16.5. The predicted octanol–water partition coefficient (Wildman–Crippen LogP) is 3.06. The molecule has 2 amide bonds. The van der Waals surface area contributed by atoms with Crippen molar-refractivity contribution in [2.24, 2.45) is 0 Å². The number of aromatic nitrogens is 3. The molecule has 1 aliphatic rings. The number of aryl methyl sites for hydroxylation is 1. The van der Waals surface area contributed by atoms with Crippen molar-refractivity contribution in [3.05, 3.63) is 70.1 Å². The van der Waals surface area contributed by atoms with Gasteiger partial charge in [0, 0.05) is 12.1 Å². The molecule has 1 aliphatic heterocycles. The first-order valence-corrected chi connectivity index (χ1v) is 10.2. The van der Waals surface area contributed by atoms with Crippen molar-refractivity contribution < 1.29 is 18.7 Å². The zero-order valence-electron chi connectivity index (χ0n) is 17.5. The Bertz CT molecular complexity index is 1360. The molecule has 1 saturated heterocycles. The van der Waals surface area contributed by atoms with Crippen molar-refractivity contribution in [3.63, 3.8) is 0 Å². The molecule has 32 heavy (non-hydrogen) atoms. The van der Waals surface area contributed by atoms with Gasteiger partial charge in [0.2, 0.25) is 11.8 Å². The molecule has 1 fully saturated rings. The highest BCUT2D eigenvalue weighted by Crippen LogP contribution is 2.34. The number of hydrogen-bond acceptors (Lipinski definition) is 6. The maximum atomic E-state index is 13.2. The van der Waals surface area contributed by atoms with Crippen LogP contribution in [0.2, 0.25) is 0 Å².